The van der Waals surface area contributed by atoms with Crippen LogP contribution in [0.2, 0.25) is 0 Å². The topological polar surface area (TPSA) is 60.2 Å². The summed E-state index contributed by atoms with van der Waals surface area (Å²) in [7, 11) is -2.16. The minimum absolute atomic E-state index is 0.308. The van der Waals surface area contributed by atoms with Gasteiger partial charge in [-0.2, -0.15) is 8.42 Å². The molecule has 1 rings (SSSR count). The van der Waals surface area contributed by atoms with Crippen LogP contribution in [-0.2, 0) is 10.3 Å². The third-order valence-electron chi connectivity index (χ3n) is 1.54. The molecule has 64 valence electrons. The van der Waals surface area contributed by atoms with E-state index in [0.29, 0.717) is 16.1 Å². The molecule has 0 atom stereocenters. The molecule has 0 bridgehead atoms. The Morgan fingerprint density at radius 1 is 1.42 bits per heavy atom. The van der Waals surface area contributed by atoms with Crippen molar-refractivity contribution in [3.8, 4) is 0 Å². The molecule has 0 radical (unpaired) electrons. The molecule has 1 aromatic rings. The van der Waals surface area contributed by atoms with E-state index >= 15 is 0 Å². The maximum atomic E-state index is 10.5. The third kappa shape index (κ3) is 1.85. The van der Waals surface area contributed by atoms with Crippen molar-refractivity contribution in [3.05, 3.63) is 29.8 Å². The van der Waals surface area contributed by atoms with Crippen LogP contribution >= 0.6 is 0 Å². The molecule has 0 aliphatic carbocycles. The summed E-state index contributed by atoms with van der Waals surface area (Å²) in [5, 5.41) is 0. The smallest absolute Gasteiger partial charge is 0.217 e. The molecule has 0 amide bonds. The van der Waals surface area contributed by atoms with E-state index < -0.39 is 10.3 Å². The molecular formula is C8H9NO2S. The minimum atomic E-state index is -2.16. The molecule has 0 saturated carbocycles. The van der Waals surface area contributed by atoms with Gasteiger partial charge >= 0.3 is 0 Å². The van der Waals surface area contributed by atoms with Gasteiger partial charge in [0.2, 0.25) is 10.3 Å². The summed E-state index contributed by atoms with van der Waals surface area (Å²) in [5.74, 6) is 0. The summed E-state index contributed by atoms with van der Waals surface area (Å²) in [5.41, 5.74) is 6.69. The van der Waals surface area contributed by atoms with Gasteiger partial charge in [-0.3, -0.25) is 0 Å². The van der Waals surface area contributed by atoms with E-state index in [1.807, 2.05) is 0 Å². The van der Waals surface area contributed by atoms with E-state index in [0.717, 1.165) is 0 Å². The molecule has 0 aliphatic heterocycles. The summed E-state index contributed by atoms with van der Waals surface area (Å²) < 4.78 is 21.1. The van der Waals surface area contributed by atoms with Gasteiger partial charge in [0, 0.05) is 5.69 Å². The first-order chi connectivity index (χ1) is 5.61. The molecule has 3 nitrogen and oxygen atoms in total. The van der Waals surface area contributed by atoms with E-state index in [1.165, 1.54) is 6.92 Å². The fourth-order valence-corrected chi connectivity index (χ4v) is 1.17. The van der Waals surface area contributed by atoms with E-state index in [9.17, 15) is 8.42 Å². The summed E-state index contributed by atoms with van der Waals surface area (Å²) in [6.45, 7) is 1.54. The Labute approximate surface area is 72.4 Å². The molecule has 0 aliphatic rings. The van der Waals surface area contributed by atoms with Crippen molar-refractivity contribution in [1.82, 2.24) is 0 Å². The highest BCUT2D eigenvalue weighted by molar-refractivity contribution is 7.73. The standard InChI is InChI=1S/C8H9NO2S/c1-6(12(10)11)7-3-2-4-8(9)5-7/h2-5H,9H2,1H3. The molecule has 12 heavy (non-hydrogen) atoms. The second-order valence-electron chi connectivity index (χ2n) is 2.42. The van der Waals surface area contributed by atoms with Crippen LogP contribution in [0.4, 0.5) is 5.69 Å². The van der Waals surface area contributed by atoms with E-state index in [2.05, 4.69) is 0 Å². The Kier molecular flexibility index (Phi) is 2.50. The van der Waals surface area contributed by atoms with Crippen LogP contribution in [0.25, 0.3) is 0 Å². The van der Waals surface area contributed by atoms with E-state index in [-0.39, 0.29) is 0 Å². The zero-order valence-corrected chi connectivity index (χ0v) is 7.43. The van der Waals surface area contributed by atoms with E-state index in [1.54, 1.807) is 24.3 Å². The highest BCUT2D eigenvalue weighted by Crippen LogP contribution is 2.06. The fraction of sp³-hybridized carbons (Fsp3) is 0.125. The molecular weight excluding hydrogens is 174 g/mol. The maximum absolute atomic E-state index is 10.5. The van der Waals surface area contributed by atoms with Crippen LogP contribution in [0.15, 0.2) is 24.3 Å². The van der Waals surface area contributed by atoms with Gasteiger partial charge in [-0.25, -0.2) is 0 Å². The Hall–Kier alpha value is -1.29. The highest BCUT2D eigenvalue weighted by Gasteiger charge is 1.97. The van der Waals surface area contributed by atoms with Crippen LogP contribution in [-0.4, -0.2) is 13.3 Å². The lowest BCUT2D eigenvalue weighted by Crippen LogP contribution is -1.96. The first-order valence-corrected chi connectivity index (χ1v) is 4.47. The lowest BCUT2D eigenvalue weighted by Gasteiger charge is -1.96. The number of nitrogens with two attached hydrogens (primary N) is 1. The molecule has 2 N–H and O–H groups in total. The third-order valence-corrected chi connectivity index (χ3v) is 2.28. The number of hydrogen-bond acceptors (Lipinski definition) is 3. The number of benzene rings is 1. The highest BCUT2D eigenvalue weighted by atomic mass is 32.2. The van der Waals surface area contributed by atoms with E-state index in [4.69, 9.17) is 5.73 Å². The summed E-state index contributed by atoms with van der Waals surface area (Å²) in [6, 6.07) is 6.78. The predicted octanol–water partition coefficient (Wildman–Crippen LogP) is 0.688. The van der Waals surface area contributed by atoms with Gasteiger partial charge in [-0.05, 0) is 24.6 Å². The first kappa shape index (κ1) is 8.80. The van der Waals surface area contributed by atoms with Gasteiger partial charge in [0.25, 0.3) is 0 Å². The Morgan fingerprint density at radius 3 is 2.58 bits per heavy atom. The van der Waals surface area contributed by atoms with Gasteiger partial charge in [0.15, 0.2) is 0 Å². The van der Waals surface area contributed by atoms with Crippen molar-refractivity contribution in [2.75, 3.05) is 5.73 Å². The zero-order chi connectivity index (χ0) is 9.14. The largest absolute Gasteiger partial charge is 0.399 e. The van der Waals surface area contributed by atoms with Crippen molar-refractivity contribution in [1.29, 1.82) is 0 Å². The summed E-state index contributed by atoms with van der Waals surface area (Å²) in [4.78, 5) is 0.308. The van der Waals surface area contributed by atoms with Gasteiger partial charge in [0.1, 0.15) is 0 Å². The van der Waals surface area contributed by atoms with Crippen LogP contribution in [0.3, 0.4) is 0 Å². The van der Waals surface area contributed by atoms with Crippen molar-refractivity contribution >= 4 is 20.8 Å². The van der Waals surface area contributed by atoms with Crippen LogP contribution in [0.5, 0.6) is 0 Å². The molecule has 0 spiro atoms. The fourth-order valence-electron chi connectivity index (χ4n) is 0.854. The minimum Gasteiger partial charge on any atom is -0.399 e. The number of nitrogen functional groups attached to an aromatic ring is 1. The molecule has 0 saturated heterocycles. The second kappa shape index (κ2) is 3.40. The molecule has 0 unspecified atom stereocenters. The zero-order valence-electron chi connectivity index (χ0n) is 6.61. The Bertz CT molecular complexity index is 412. The summed E-state index contributed by atoms with van der Waals surface area (Å²) in [6.07, 6.45) is 0. The van der Waals surface area contributed by atoms with Gasteiger partial charge in [-0.1, -0.05) is 12.1 Å². The predicted molar refractivity (Wildman–Crippen MR) is 49.6 cm³/mol. The average molecular weight is 183 g/mol. The summed E-state index contributed by atoms with van der Waals surface area (Å²) >= 11 is 0. The monoisotopic (exact) mass is 183 g/mol. The normalized spacial score (nSPS) is 9.42. The molecule has 4 heteroatoms. The Balaban J connectivity index is 3.31. The quantitative estimate of drug-likeness (QED) is 0.396. The number of rotatable bonds is 1. The first-order valence-electron chi connectivity index (χ1n) is 3.40. The lowest BCUT2D eigenvalue weighted by molar-refractivity contribution is 0.627. The number of anilines is 1. The van der Waals surface area contributed by atoms with Crippen molar-refractivity contribution < 1.29 is 8.42 Å². The van der Waals surface area contributed by atoms with Crippen molar-refractivity contribution in [2.24, 2.45) is 0 Å². The van der Waals surface area contributed by atoms with Crippen LogP contribution < -0.4 is 5.73 Å². The number of hydrogen-bond donors (Lipinski definition) is 1. The maximum Gasteiger partial charge on any atom is 0.217 e. The van der Waals surface area contributed by atoms with Crippen LogP contribution in [0, 0.1) is 0 Å². The molecule has 0 fully saturated rings. The van der Waals surface area contributed by atoms with Gasteiger partial charge in [-0.15, -0.1) is 0 Å². The van der Waals surface area contributed by atoms with Gasteiger partial charge in [0.05, 0.1) is 4.86 Å². The van der Waals surface area contributed by atoms with Gasteiger partial charge < -0.3 is 5.73 Å². The molecule has 0 aromatic heterocycles. The SMILES string of the molecule is CC(c1cccc(N)c1)=S(=O)=O. The van der Waals surface area contributed by atoms with Crippen LogP contribution in [0.1, 0.15) is 12.5 Å². The Morgan fingerprint density at radius 2 is 2.08 bits per heavy atom. The molecule has 0 heterocycles. The average Bonchev–Trinajstić information content (AvgIpc) is 2.03. The lowest BCUT2D eigenvalue weighted by atomic mass is 10.1. The van der Waals surface area contributed by atoms with Crippen molar-refractivity contribution in [3.63, 3.8) is 0 Å². The second-order valence-corrected chi connectivity index (χ2v) is 3.50. The molecule has 1 aromatic carbocycles. The van der Waals surface area contributed by atoms with Crippen molar-refractivity contribution in [2.45, 2.75) is 6.92 Å².